The Bertz CT molecular complexity index is 578. The van der Waals surface area contributed by atoms with Crippen molar-refractivity contribution in [3.8, 4) is 11.3 Å². The first-order valence-corrected chi connectivity index (χ1v) is 6.06. The van der Waals surface area contributed by atoms with Gasteiger partial charge in [-0.25, -0.2) is 13.9 Å². The molecule has 0 aliphatic carbocycles. The van der Waals surface area contributed by atoms with Crippen LogP contribution >= 0.6 is 0 Å². The van der Waals surface area contributed by atoms with Crippen LogP contribution in [0.1, 0.15) is 30.3 Å². The maximum Gasteiger partial charge on any atom is 0.358 e. The first-order valence-electron chi connectivity index (χ1n) is 6.06. The van der Waals surface area contributed by atoms with E-state index in [0.29, 0.717) is 17.8 Å². The van der Waals surface area contributed by atoms with Crippen LogP contribution in [0, 0.1) is 5.82 Å². The number of halogens is 1. The van der Waals surface area contributed by atoms with Gasteiger partial charge in [0.15, 0.2) is 5.69 Å². The molecule has 0 unspecified atom stereocenters. The van der Waals surface area contributed by atoms with Gasteiger partial charge in [-0.15, -0.1) is 5.10 Å². The van der Waals surface area contributed by atoms with Gasteiger partial charge in [-0.3, -0.25) is 0 Å². The summed E-state index contributed by atoms with van der Waals surface area (Å²) in [7, 11) is 0. The summed E-state index contributed by atoms with van der Waals surface area (Å²) in [5.74, 6) is -1.50. The molecular formula is C13H14FN3O2. The fourth-order valence-corrected chi connectivity index (χ4v) is 1.81. The summed E-state index contributed by atoms with van der Waals surface area (Å²) in [6, 6.07) is 5.64. The van der Waals surface area contributed by atoms with E-state index < -0.39 is 5.97 Å². The molecule has 0 amide bonds. The van der Waals surface area contributed by atoms with E-state index in [4.69, 9.17) is 5.11 Å². The standard InChI is InChI=1S/C13H14FN3O2/c1-2-3-8-17-12(11(13(18)19)15-16-17)9-4-6-10(14)7-5-9/h4-7H,2-3,8H2,1H3,(H,18,19). The van der Waals surface area contributed by atoms with Crippen molar-refractivity contribution in [3.63, 3.8) is 0 Å². The zero-order valence-corrected chi connectivity index (χ0v) is 10.5. The van der Waals surface area contributed by atoms with Gasteiger partial charge in [-0.05, 0) is 30.7 Å². The number of aromatic carboxylic acids is 1. The first kappa shape index (κ1) is 13.2. The number of aromatic nitrogens is 3. The van der Waals surface area contributed by atoms with Gasteiger partial charge in [0, 0.05) is 12.1 Å². The second kappa shape index (κ2) is 5.60. The topological polar surface area (TPSA) is 68.0 Å². The Balaban J connectivity index is 2.47. The Morgan fingerprint density at radius 2 is 2.05 bits per heavy atom. The van der Waals surface area contributed by atoms with Crippen molar-refractivity contribution in [3.05, 3.63) is 35.8 Å². The van der Waals surface area contributed by atoms with Crippen LogP contribution in [-0.4, -0.2) is 26.1 Å². The van der Waals surface area contributed by atoms with Crippen LogP contribution in [0.15, 0.2) is 24.3 Å². The van der Waals surface area contributed by atoms with E-state index in [1.165, 1.54) is 24.3 Å². The minimum atomic E-state index is -1.14. The molecule has 19 heavy (non-hydrogen) atoms. The third-order valence-electron chi connectivity index (χ3n) is 2.78. The zero-order chi connectivity index (χ0) is 13.8. The first-order chi connectivity index (χ1) is 9.13. The Kier molecular flexibility index (Phi) is 3.89. The van der Waals surface area contributed by atoms with Crippen molar-refractivity contribution in [2.75, 3.05) is 0 Å². The minimum Gasteiger partial charge on any atom is -0.476 e. The SMILES string of the molecule is CCCCn1nnc(C(=O)O)c1-c1ccc(F)cc1. The molecule has 1 heterocycles. The molecule has 0 atom stereocenters. The van der Waals surface area contributed by atoms with Crippen molar-refractivity contribution in [2.24, 2.45) is 0 Å². The van der Waals surface area contributed by atoms with Crippen molar-refractivity contribution >= 4 is 5.97 Å². The average Bonchev–Trinajstić information content (AvgIpc) is 2.81. The monoisotopic (exact) mass is 263 g/mol. The Morgan fingerprint density at radius 3 is 2.63 bits per heavy atom. The lowest BCUT2D eigenvalue weighted by atomic mass is 10.1. The van der Waals surface area contributed by atoms with Crippen LogP contribution < -0.4 is 0 Å². The van der Waals surface area contributed by atoms with Gasteiger partial charge in [0.2, 0.25) is 0 Å². The predicted molar refractivity (Wildman–Crippen MR) is 67.3 cm³/mol. The largest absolute Gasteiger partial charge is 0.476 e. The van der Waals surface area contributed by atoms with Crippen LogP contribution in [-0.2, 0) is 6.54 Å². The molecule has 0 fully saturated rings. The Hall–Kier alpha value is -2.24. The normalized spacial score (nSPS) is 10.6. The van der Waals surface area contributed by atoms with Crippen LogP contribution in [0.4, 0.5) is 4.39 Å². The molecule has 0 spiro atoms. The number of hydrogen-bond donors (Lipinski definition) is 1. The Labute approximate surface area is 109 Å². The molecule has 0 saturated heterocycles. The van der Waals surface area contributed by atoms with E-state index in [1.54, 1.807) is 4.68 Å². The van der Waals surface area contributed by atoms with Crippen molar-refractivity contribution in [1.82, 2.24) is 15.0 Å². The summed E-state index contributed by atoms with van der Waals surface area (Å²) in [6.07, 6.45) is 1.84. The van der Waals surface area contributed by atoms with Gasteiger partial charge in [-0.1, -0.05) is 18.6 Å². The highest BCUT2D eigenvalue weighted by atomic mass is 19.1. The highest BCUT2D eigenvalue weighted by molar-refractivity contribution is 5.92. The number of carboxylic acid groups (broad SMARTS) is 1. The fraction of sp³-hybridized carbons (Fsp3) is 0.308. The molecule has 6 heteroatoms. The summed E-state index contributed by atoms with van der Waals surface area (Å²) in [5.41, 5.74) is 0.906. The van der Waals surface area contributed by atoms with Crippen LogP contribution in [0.2, 0.25) is 0 Å². The molecule has 2 aromatic rings. The smallest absolute Gasteiger partial charge is 0.358 e. The van der Waals surface area contributed by atoms with E-state index in [0.717, 1.165) is 12.8 Å². The van der Waals surface area contributed by atoms with E-state index >= 15 is 0 Å². The lowest BCUT2D eigenvalue weighted by molar-refractivity contribution is 0.0691. The predicted octanol–water partition coefficient (Wildman–Crippen LogP) is 2.58. The van der Waals surface area contributed by atoms with Gasteiger partial charge >= 0.3 is 5.97 Å². The summed E-state index contributed by atoms with van der Waals surface area (Å²) >= 11 is 0. The minimum absolute atomic E-state index is 0.109. The van der Waals surface area contributed by atoms with E-state index in [2.05, 4.69) is 10.3 Å². The molecule has 1 N–H and O–H groups in total. The van der Waals surface area contributed by atoms with Gasteiger partial charge in [0.1, 0.15) is 11.5 Å². The van der Waals surface area contributed by atoms with Crippen LogP contribution in [0.3, 0.4) is 0 Å². The quantitative estimate of drug-likeness (QED) is 0.900. The average molecular weight is 263 g/mol. The molecule has 0 aliphatic rings. The van der Waals surface area contributed by atoms with Crippen LogP contribution in [0.25, 0.3) is 11.3 Å². The molecule has 100 valence electrons. The number of benzene rings is 1. The lowest BCUT2D eigenvalue weighted by Gasteiger charge is -2.06. The molecule has 0 bridgehead atoms. The van der Waals surface area contributed by atoms with Gasteiger partial charge in [0.05, 0.1) is 0 Å². The number of aryl methyl sites for hydroxylation is 1. The molecule has 0 radical (unpaired) electrons. The third-order valence-corrected chi connectivity index (χ3v) is 2.78. The van der Waals surface area contributed by atoms with Crippen molar-refractivity contribution in [1.29, 1.82) is 0 Å². The molecule has 1 aromatic carbocycles. The molecule has 1 aromatic heterocycles. The van der Waals surface area contributed by atoms with E-state index in [-0.39, 0.29) is 11.5 Å². The van der Waals surface area contributed by atoms with Gasteiger partial charge in [-0.2, -0.15) is 0 Å². The second-order valence-corrected chi connectivity index (χ2v) is 4.18. The number of carboxylic acids is 1. The van der Waals surface area contributed by atoms with E-state index in [1.807, 2.05) is 6.92 Å². The number of rotatable bonds is 5. The number of unbranched alkanes of at least 4 members (excludes halogenated alkanes) is 1. The summed E-state index contributed by atoms with van der Waals surface area (Å²) < 4.78 is 14.5. The second-order valence-electron chi connectivity index (χ2n) is 4.18. The molecule has 0 saturated carbocycles. The van der Waals surface area contributed by atoms with Gasteiger partial charge in [0.25, 0.3) is 0 Å². The third kappa shape index (κ3) is 2.78. The summed E-state index contributed by atoms with van der Waals surface area (Å²) in [6.45, 7) is 2.62. The number of hydrogen-bond acceptors (Lipinski definition) is 3. The molecule has 0 aliphatic heterocycles. The molecule has 2 rings (SSSR count). The fourth-order valence-electron chi connectivity index (χ4n) is 1.81. The van der Waals surface area contributed by atoms with E-state index in [9.17, 15) is 9.18 Å². The maximum absolute atomic E-state index is 12.9. The van der Waals surface area contributed by atoms with Crippen molar-refractivity contribution < 1.29 is 14.3 Å². The molecule has 5 nitrogen and oxygen atoms in total. The highest BCUT2D eigenvalue weighted by Gasteiger charge is 2.20. The van der Waals surface area contributed by atoms with Crippen LogP contribution in [0.5, 0.6) is 0 Å². The highest BCUT2D eigenvalue weighted by Crippen LogP contribution is 2.23. The summed E-state index contributed by atoms with van der Waals surface area (Å²) in [5, 5.41) is 16.7. The summed E-state index contributed by atoms with van der Waals surface area (Å²) in [4.78, 5) is 11.2. The number of carbonyl (C=O) groups is 1. The number of nitrogens with zero attached hydrogens (tertiary/aromatic N) is 3. The Morgan fingerprint density at radius 1 is 1.37 bits per heavy atom. The van der Waals surface area contributed by atoms with Gasteiger partial charge < -0.3 is 5.11 Å². The lowest BCUT2D eigenvalue weighted by Crippen LogP contribution is -2.05. The molecular weight excluding hydrogens is 249 g/mol. The maximum atomic E-state index is 12.9. The van der Waals surface area contributed by atoms with Crippen molar-refractivity contribution in [2.45, 2.75) is 26.3 Å². The zero-order valence-electron chi connectivity index (χ0n) is 10.5.